The summed E-state index contributed by atoms with van der Waals surface area (Å²) in [5.74, 6) is 0.808. The van der Waals surface area contributed by atoms with Gasteiger partial charge in [-0.05, 0) is 11.6 Å². The second-order valence-electron chi connectivity index (χ2n) is 5.28. The molecule has 0 spiro atoms. The minimum Gasteiger partial charge on any atom is -0.334 e. The highest BCUT2D eigenvalue weighted by Gasteiger charge is 2.30. The van der Waals surface area contributed by atoms with Gasteiger partial charge in [0.15, 0.2) is 0 Å². The molecule has 0 aliphatic carbocycles. The SMILES string of the molecule is Cn1c(Cc2cccc(C(F)(F)F)c2)nc2c1CCNC2. The summed E-state index contributed by atoms with van der Waals surface area (Å²) in [6.45, 7) is 1.64. The lowest BCUT2D eigenvalue weighted by Gasteiger charge is -2.13. The molecule has 0 saturated carbocycles. The number of fused-ring (bicyclic) bond motifs is 1. The van der Waals surface area contributed by atoms with E-state index in [9.17, 15) is 13.2 Å². The Kier molecular flexibility index (Phi) is 3.49. The molecule has 112 valence electrons. The van der Waals surface area contributed by atoms with Crippen LogP contribution in [-0.2, 0) is 32.6 Å². The fraction of sp³-hybridized carbons (Fsp3) is 0.400. The van der Waals surface area contributed by atoms with Crippen LogP contribution in [0, 0.1) is 0 Å². The first kappa shape index (κ1) is 14.1. The Balaban J connectivity index is 1.89. The number of aromatic nitrogens is 2. The third kappa shape index (κ3) is 2.81. The second kappa shape index (κ2) is 5.18. The third-order valence-corrected chi connectivity index (χ3v) is 3.84. The summed E-state index contributed by atoms with van der Waals surface area (Å²) in [6, 6.07) is 5.45. The maximum atomic E-state index is 12.7. The molecule has 0 unspecified atom stereocenters. The Morgan fingerprint density at radius 1 is 1.33 bits per heavy atom. The lowest BCUT2D eigenvalue weighted by Crippen LogP contribution is -2.24. The van der Waals surface area contributed by atoms with Crippen molar-refractivity contribution < 1.29 is 13.2 Å². The monoisotopic (exact) mass is 295 g/mol. The first-order valence-electron chi connectivity index (χ1n) is 6.85. The van der Waals surface area contributed by atoms with Crippen LogP contribution in [-0.4, -0.2) is 16.1 Å². The predicted molar refractivity (Wildman–Crippen MR) is 72.9 cm³/mol. The van der Waals surface area contributed by atoms with Crippen molar-refractivity contribution in [2.75, 3.05) is 6.54 Å². The molecule has 2 heterocycles. The summed E-state index contributed by atoms with van der Waals surface area (Å²) < 4.78 is 40.2. The summed E-state index contributed by atoms with van der Waals surface area (Å²) in [6.07, 6.45) is -2.99. The van der Waals surface area contributed by atoms with Crippen LogP contribution in [0.3, 0.4) is 0 Å². The highest BCUT2D eigenvalue weighted by Crippen LogP contribution is 2.30. The smallest absolute Gasteiger partial charge is 0.334 e. The van der Waals surface area contributed by atoms with Crippen molar-refractivity contribution in [3.8, 4) is 0 Å². The van der Waals surface area contributed by atoms with Gasteiger partial charge >= 0.3 is 6.18 Å². The molecule has 2 aromatic rings. The van der Waals surface area contributed by atoms with Gasteiger partial charge in [0.25, 0.3) is 0 Å². The van der Waals surface area contributed by atoms with Crippen LogP contribution in [0.2, 0.25) is 0 Å². The molecule has 0 bridgehead atoms. The molecule has 6 heteroatoms. The molecule has 0 amide bonds. The summed E-state index contributed by atoms with van der Waals surface area (Å²) >= 11 is 0. The Morgan fingerprint density at radius 2 is 2.14 bits per heavy atom. The van der Waals surface area contributed by atoms with Crippen LogP contribution in [0.1, 0.15) is 28.3 Å². The van der Waals surface area contributed by atoms with E-state index in [-0.39, 0.29) is 0 Å². The standard InChI is InChI=1S/C15H16F3N3/c1-21-13-5-6-19-9-12(13)20-14(21)8-10-3-2-4-11(7-10)15(16,17)18/h2-4,7,19H,5-6,8-9H2,1H3. The minimum atomic E-state index is -4.30. The van der Waals surface area contributed by atoms with E-state index in [2.05, 4.69) is 10.3 Å². The van der Waals surface area contributed by atoms with Gasteiger partial charge in [0.1, 0.15) is 5.82 Å². The van der Waals surface area contributed by atoms with Crippen molar-refractivity contribution in [2.45, 2.75) is 25.6 Å². The molecule has 0 saturated heterocycles. The van der Waals surface area contributed by atoms with Crippen molar-refractivity contribution >= 4 is 0 Å². The number of rotatable bonds is 2. The zero-order valence-electron chi connectivity index (χ0n) is 11.7. The number of imidazole rings is 1. The molecular weight excluding hydrogens is 279 g/mol. The number of nitrogens with one attached hydrogen (secondary N) is 1. The minimum absolute atomic E-state index is 0.410. The van der Waals surface area contributed by atoms with Crippen LogP contribution in [0.15, 0.2) is 24.3 Å². The van der Waals surface area contributed by atoms with Crippen molar-refractivity contribution in [3.63, 3.8) is 0 Å². The van der Waals surface area contributed by atoms with Gasteiger partial charge in [0, 0.05) is 38.7 Å². The van der Waals surface area contributed by atoms with E-state index in [4.69, 9.17) is 0 Å². The molecule has 0 radical (unpaired) electrons. The highest BCUT2D eigenvalue weighted by atomic mass is 19.4. The summed E-state index contributed by atoms with van der Waals surface area (Å²) in [7, 11) is 1.93. The van der Waals surface area contributed by atoms with Crippen molar-refractivity contribution in [2.24, 2.45) is 7.05 Å². The van der Waals surface area contributed by atoms with E-state index in [1.165, 1.54) is 17.8 Å². The molecule has 0 fully saturated rings. The fourth-order valence-electron chi connectivity index (χ4n) is 2.71. The number of halogens is 3. The molecule has 21 heavy (non-hydrogen) atoms. The van der Waals surface area contributed by atoms with Crippen LogP contribution in [0.4, 0.5) is 13.2 Å². The van der Waals surface area contributed by atoms with E-state index < -0.39 is 11.7 Å². The van der Waals surface area contributed by atoms with Crippen molar-refractivity contribution in [3.05, 3.63) is 52.6 Å². The van der Waals surface area contributed by atoms with Crippen LogP contribution >= 0.6 is 0 Å². The molecule has 1 aliphatic rings. The summed E-state index contributed by atoms with van der Waals surface area (Å²) in [5, 5.41) is 3.25. The van der Waals surface area contributed by atoms with Crippen molar-refractivity contribution in [1.82, 2.24) is 14.9 Å². The molecule has 3 rings (SSSR count). The Hall–Kier alpha value is -1.82. The summed E-state index contributed by atoms with van der Waals surface area (Å²) in [5.41, 5.74) is 2.20. The largest absolute Gasteiger partial charge is 0.416 e. The molecule has 1 aromatic carbocycles. The lowest BCUT2D eigenvalue weighted by atomic mass is 10.1. The molecule has 3 nitrogen and oxygen atoms in total. The lowest BCUT2D eigenvalue weighted by molar-refractivity contribution is -0.137. The quantitative estimate of drug-likeness (QED) is 0.923. The Bertz CT molecular complexity index is 659. The van der Waals surface area contributed by atoms with Gasteiger partial charge < -0.3 is 9.88 Å². The number of alkyl halides is 3. The Morgan fingerprint density at radius 3 is 2.86 bits per heavy atom. The van der Waals surface area contributed by atoms with Crippen LogP contribution < -0.4 is 5.32 Å². The normalized spacial score (nSPS) is 15.0. The molecule has 1 aliphatic heterocycles. The van der Waals surface area contributed by atoms with Crippen LogP contribution in [0.5, 0.6) is 0 Å². The number of hydrogen-bond acceptors (Lipinski definition) is 2. The second-order valence-corrected chi connectivity index (χ2v) is 5.28. The van der Waals surface area contributed by atoms with E-state index in [1.807, 2.05) is 11.6 Å². The van der Waals surface area contributed by atoms with E-state index >= 15 is 0 Å². The van der Waals surface area contributed by atoms with Gasteiger partial charge in [-0.1, -0.05) is 18.2 Å². The van der Waals surface area contributed by atoms with E-state index in [1.54, 1.807) is 6.07 Å². The summed E-state index contributed by atoms with van der Waals surface area (Å²) in [4.78, 5) is 4.56. The predicted octanol–water partition coefficient (Wildman–Crippen LogP) is 2.68. The van der Waals surface area contributed by atoms with E-state index in [0.29, 0.717) is 12.0 Å². The van der Waals surface area contributed by atoms with Crippen molar-refractivity contribution in [1.29, 1.82) is 0 Å². The fourth-order valence-corrected chi connectivity index (χ4v) is 2.71. The maximum absolute atomic E-state index is 12.7. The van der Waals surface area contributed by atoms with Gasteiger partial charge in [-0.3, -0.25) is 0 Å². The maximum Gasteiger partial charge on any atom is 0.416 e. The topological polar surface area (TPSA) is 29.9 Å². The van der Waals surface area contributed by atoms with Gasteiger partial charge in [0.2, 0.25) is 0 Å². The zero-order valence-corrected chi connectivity index (χ0v) is 11.7. The van der Waals surface area contributed by atoms with Gasteiger partial charge in [-0.15, -0.1) is 0 Å². The molecular formula is C15H16F3N3. The average Bonchev–Trinajstić information content (AvgIpc) is 2.75. The van der Waals surface area contributed by atoms with Gasteiger partial charge in [-0.2, -0.15) is 13.2 Å². The van der Waals surface area contributed by atoms with Crippen LogP contribution in [0.25, 0.3) is 0 Å². The average molecular weight is 295 g/mol. The first-order valence-corrected chi connectivity index (χ1v) is 6.85. The van der Waals surface area contributed by atoms with Gasteiger partial charge in [-0.25, -0.2) is 4.98 Å². The highest BCUT2D eigenvalue weighted by molar-refractivity contribution is 5.29. The number of hydrogen-bond donors (Lipinski definition) is 1. The Labute approximate surface area is 120 Å². The first-order chi connectivity index (χ1) is 9.95. The molecule has 1 N–H and O–H groups in total. The van der Waals surface area contributed by atoms with E-state index in [0.717, 1.165) is 37.1 Å². The molecule has 0 atom stereocenters. The molecule has 1 aromatic heterocycles. The zero-order chi connectivity index (χ0) is 15.0. The van der Waals surface area contributed by atoms with Gasteiger partial charge in [0.05, 0.1) is 11.3 Å². The third-order valence-electron chi connectivity index (χ3n) is 3.84. The number of nitrogens with zero attached hydrogens (tertiary/aromatic N) is 2. The number of benzene rings is 1.